The average molecular weight is 238 g/mol. The number of hydrogen-bond donors (Lipinski definition) is 0. The van der Waals surface area contributed by atoms with Crippen LogP contribution in [0.2, 0.25) is 0 Å². The maximum absolute atomic E-state index is 13.4. The van der Waals surface area contributed by atoms with Gasteiger partial charge in [0.05, 0.1) is 4.88 Å². The van der Waals surface area contributed by atoms with Crippen molar-refractivity contribution in [1.29, 1.82) is 0 Å². The van der Waals surface area contributed by atoms with Crippen molar-refractivity contribution in [3.8, 4) is 11.1 Å². The number of halogens is 2. The fraction of sp³-hybridized carbons (Fsp3) is 0.231. The molecule has 1 aromatic heterocycles. The average Bonchev–Trinajstić information content (AvgIpc) is 2.61. The van der Waals surface area contributed by atoms with Gasteiger partial charge in [-0.1, -0.05) is 30.3 Å². The van der Waals surface area contributed by atoms with E-state index in [1.54, 1.807) is 0 Å². The molecule has 0 amide bonds. The molecule has 3 heteroatoms. The number of rotatable bonds is 2. The van der Waals surface area contributed by atoms with Gasteiger partial charge in [0, 0.05) is 17.4 Å². The Bertz CT molecular complexity index is 480. The Labute approximate surface area is 97.6 Å². The lowest BCUT2D eigenvalue weighted by molar-refractivity contribution is 0.0221. The molecule has 0 N–H and O–H groups in total. The van der Waals surface area contributed by atoms with E-state index in [9.17, 15) is 8.78 Å². The molecule has 0 aliphatic heterocycles. The first-order valence-corrected chi connectivity index (χ1v) is 5.84. The molecule has 16 heavy (non-hydrogen) atoms. The van der Waals surface area contributed by atoms with Gasteiger partial charge in [0.2, 0.25) is 0 Å². The van der Waals surface area contributed by atoms with Crippen LogP contribution < -0.4 is 0 Å². The van der Waals surface area contributed by atoms with Crippen LogP contribution in [-0.2, 0) is 5.92 Å². The van der Waals surface area contributed by atoms with Crippen LogP contribution in [-0.4, -0.2) is 0 Å². The van der Waals surface area contributed by atoms with Crippen LogP contribution in [0.25, 0.3) is 11.1 Å². The first-order chi connectivity index (χ1) is 7.48. The minimum atomic E-state index is -2.77. The van der Waals surface area contributed by atoms with E-state index in [1.165, 1.54) is 11.3 Å². The highest BCUT2D eigenvalue weighted by Gasteiger charge is 2.30. The first-order valence-electron chi connectivity index (χ1n) is 5.02. The normalized spacial score (nSPS) is 11.8. The van der Waals surface area contributed by atoms with E-state index in [-0.39, 0.29) is 4.88 Å². The van der Waals surface area contributed by atoms with E-state index < -0.39 is 5.92 Å². The molecule has 1 aromatic carbocycles. The highest BCUT2D eigenvalue weighted by atomic mass is 32.1. The van der Waals surface area contributed by atoms with Crippen molar-refractivity contribution in [2.45, 2.75) is 19.8 Å². The van der Waals surface area contributed by atoms with Crippen molar-refractivity contribution in [3.63, 3.8) is 0 Å². The van der Waals surface area contributed by atoms with Crippen LogP contribution in [0, 0.1) is 6.92 Å². The molecule has 0 saturated carbocycles. The predicted molar refractivity (Wildman–Crippen MR) is 64.1 cm³/mol. The zero-order valence-corrected chi connectivity index (χ0v) is 9.94. The van der Waals surface area contributed by atoms with E-state index >= 15 is 0 Å². The Hall–Kier alpha value is -1.22. The smallest absolute Gasteiger partial charge is 0.201 e. The van der Waals surface area contributed by atoms with Gasteiger partial charge in [-0.2, -0.15) is 0 Å². The summed E-state index contributed by atoms with van der Waals surface area (Å²) in [5.41, 5.74) is 1.50. The molecule has 0 nitrogen and oxygen atoms in total. The summed E-state index contributed by atoms with van der Waals surface area (Å²) >= 11 is 1.17. The lowest BCUT2D eigenvalue weighted by Gasteiger charge is -2.10. The van der Waals surface area contributed by atoms with E-state index in [0.29, 0.717) is 5.56 Å². The fourth-order valence-electron chi connectivity index (χ4n) is 1.67. The minimum Gasteiger partial charge on any atom is -0.201 e. The molecular weight excluding hydrogens is 226 g/mol. The second-order valence-electron chi connectivity index (χ2n) is 3.85. The molecule has 0 unspecified atom stereocenters. The van der Waals surface area contributed by atoms with Crippen molar-refractivity contribution in [3.05, 3.63) is 46.2 Å². The van der Waals surface area contributed by atoms with Gasteiger partial charge in [0.1, 0.15) is 0 Å². The summed E-state index contributed by atoms with van der Waals surface area (Å²) < 4.78 is 26.8. The van der Waals surface area contributed by atoms with E-state index in [4.69, 9.17) is 0 Å². The lowest BCUT2D eigenvalue weighted by Crippen LogP contribution is -2.05. The fourth-order valence-corrected chi connectivity index (χ4v) is 2.64. The molecule has 2 rings (SSSR count). The predicted octanol–water partition coefficient (Wildman–Crippen LogP) is 4.84. The highest BCUT2D eigenvalue weighted by molar-refractivity contribution is 7.12. The Kier molecular flexibility index (Phi) is 2.80. The molecule has 0 bridgehead atoms. The van der Waals surface area contributed by atoms with Crippen molar-refractivity contribution in [1.82, 2.24) is 0 Å². The number of alkyl halides is 2. The summed E-state index contributed by atoms with van der Waals surface area (Å²) in [5, 5.41) is 0. The summed E-state index contributed by atoms with van der Waals surface area (Å²) in [6.45, 7) is 2.80. The summed E-state index contributed by atoms with van der Waals surface area (Å²) in [4.78, 5) is 1.06. The highest BCUT2D eigenvalue weighted by Crippen LogP contribution is 2.41. The molecule has 0 spiro atoms. The van der Waals surface area contributed by atoms with Crippen LogP contribution in [0.15, 0.2) is 36.4 Å². The minimum absolute atomic E-state index is 0.149. The van der Waals surface area contributed by atoms with Gasteiger partial charge in [0.15, 0.2) is 0 Å². The third-order valence-corrected chi connectivity index (χ3v) is 3.56. The zero-order chi connectivity index (χ0) is 11.8. The largest absolute Gasteiger partial charge is 0.280 e. The Balaban J connectivity index is 2.58. The Morgan fingerprint density at radius 2 is 1.75 bits per heavy atom. The van der Waals surface area contributed by atoms with Gasteiger partial charge in [-0.3, -0.25) is 0 Å². The molecule has 2 aromatic rings. The van der Waals surface area contributed by atoms with Crippen molar-refractivity contribution < 1.29 is 8.78 Å². The van der Waals surface area contributed by atoms with Crippen LogP contribution in [0.3, 0.4) is 0 Å². The van der Waals surface area contributed by atoms with Gasteiger partial charge in [-0.25, -0.2) is 8.78 Å². The summed E-state index contributed by atoms with van der Waals surface area (Å²) in [5.74, 6) is -2.77. The first kappa shape index (κ1) is 11.3. The molecule has 0 aliphatic rings. The quantitative estimate of drug-likeness (QED) is 0.702. The summed E-state index contributed by atoms with van der Waals surface area (Å²) in [7, 11) is 0. The van der Waals surface area contributed by atoms with E-state index in [0.717, 1.165) is 17.4 Å². The van der Waals surface area contributed by atoms with Crippen LogP contribution in [0.5, 0.6) is 0 Å². The molecule has 0 atom stereocenters. The maximum atomic E-state index is 13.4. The van der Waals surface area contributed by atoms with Crippen molar-refractivity contribution in [2.24, 2.45) is 0 Å². The maximum Gasteiger partial charge on any atom is 0.280 e. The monoisotopic (exact) mass is 238 g/mol. The third-order valence-electron chi connectivity index (χ3n) is 2.34. The molecule has 0 fully saturated rings. The Morgan fingerprint density at radius 3 is 2.31 bits per heavy atom. The molecule has 84 valence electrons. The lowest BCUT2D eigenvalue weighted by atomic mass is 10.0. The topological polar surface area (TPSA) is 0 Å². The van der Waals surface area contributed by atoms with Crippen molar-refractivity contribution in [2.75, 3.05) is 0 Å². The number of hydrogen-bond acceptors (Lipinski definition) is 1. The van der Waals surface area contributed by atoms with Gasteiger partial charge in [-0.15, -0.1) is 11.3 Å². The van der Waals surface area contributed by atoms with Crippen LogP contribution in [0.4, 0.5) is 8.78 Å². The summed E-state index contributed by atoms with van der Waals surface area (Å²) in [6.07, 6.45) is 0. The second kappa shape index (κ2) is 3.98. The van der Waals surface area contributed by atoms with Gasteiger partial charge >= 0.3 is 0 Å². The molecule has 0 aliphatic carbocycles. The zero-order valence-electron chi connectivity index (χ0n) is 9.13. The molecule has 0 radical (unpaired) electrons. The molecular formula is C13H12F2S. The third kappa shape index (κ3) is 2.14. The second-order valence-corrected chi connectivity index (χ2v) is 5.11. The Morgan fingerprint density at radius 1 is 1.12 bits per heavy atom. The van der Waals surface area contributed by atoms with E-state index in [1.807, 2.05) is 43.3 Å². The number of thiophene rings is 1. The van der Waals surface area contributed by atoms with E-state index in [2.05, 4.69) is 0 Å². The van der Waals surface area contributed by atoms with Crippen LogP contribution >= 0.6 is 11.3 Å². The number of benzene rings is 1. The van der Waals surface area contributed by atoms with Gasteiger partial charge in [0.25, 0.3) is 5.92 Å². The molecule has 1 heterocycles. The number of aryl methyl sites for hydroxylation is 1. The van der Waals surface area contributed by atoms with Crippen molar-refractivity contribution >= 4 is 11.3 Å². The standard InChI is InChI=1S/C13H12F2S/c1-9-8-11(10-6-4-3-5-7-10)12(16-9)13(2,14)15/h3-8H,1-2H3. The SMILES string of the molecule is Cc1cc(-c2ccccc2)c(C(C)(F)F)s1. The van der Waals surface area contributed by atoms with Gasteiger partial charge in [-0.05, 0) is 18.6 Å². The van der Waals surface area contributed by atoms with Crippen LogP contribution in [0.1, 0.15) is 16.7 Å². The molecule has 0 saturated heterocycles. The van der Waals surface area contributed by atoms with Gasteiger partial charge < -0.3 is 0 Å². The summed E-state index contributed by atoms with van der Waals surface area (Å²) in [6, 6.07) is 11.1.